The molecule has 0 saturated carbocycles. The summed E-state index contributed by atoms with van der Waals surface area (Å²) in [4.78, 5) is 3.84. The van der Waals surface area contributed by atoms with Crippen LogP contribution in [-0.4, -0.2) is 40.4 Å². The molecule has 0 spiro atoms. The molecule has 2 aromatic rings. The van der Waals surface area contributed by atoms with E-state index in [9.17, 15) is 26.3 Å². The molecule has 2 aromatic carbocycles. The van der Waals surface area contributed by atoms with Crippen LogP contribution in [0.1, 0.15) is 22.3 Å². The summed E-state index contributed by atoms with van der Waals surface area (Å²) in [5, 5.41) is 0. The Labute approximate surface area is 178 Å². The van der Waals surface area contributed by atoms with Gasteiger partial charge in [0.05, 0.1) is 24.3 Å². The molecule has 1 saturated heterocycles. The standard InChI is InChI=1S/C12H14F3NO.C10H12F3N/c1-9-8-10(12(13,14)15)2-3-11(9)16-4-6-17-7-5-16;1-7-6-8(10(11,12)13)4-5-9(7)14(2)3/h2-3,8H,4-7H2,1H3;4-6H,1-3H3. The lowest BCUT2D eigenvalue weighted by Gasteiger charge is -2.30. The fraction of sp³-hybridized carbons (Fsp3) is 0.455. The van der Waals surface area contributed by atoms with Crippen molar-refractivity contribution in [1.29, 1.82) is 0 Å². The van der Waals surface area contributed by atoms with Gasteiger partial charge in [-0.3, -0.25) is 0 Å². The van der Waals surface area contributed by atoms with Crippen LogP contribution in [0.25, 0.3) is 0 Å². The summed E-state index contributed by atoms with van der Waals surface area (Å²) in [7, 11) is 3.60. The molecular weight excluding hydrogens is 422 g/mol. The van der Waals surface area contributed by atoms with Gasteiger partial charge in [-0.1, -0.05) is 0 Å². The zero-order valence-corrected chi connectivity index (χ0v) is 17.9. The van der Waals surface area contributed by atoms with E-state index < -0.39 is 23.5 Å². The van der Waals surface area contributed by atoms with Gasteiger partial charge in [-0.05, 0) is 61.4 Å². The number of alkyl halides is 6. The largest absolute Gasteiger partial charge is 0.416 e. The van der Waals surface area contributed by atoms with Gasteiger partial charge in [0.25, 0.3) is 0 Å². The minimum Gasteiger partial charge on any atom is -0.378 e. The highest BCUT2D eigenvalue weighted by atomic mass is 19.4. The lowest BCUT2D eigenvalue weighted by Crippen LogP contribution is -2.36. The van der Waals surface area contributed by atoms with Crippen LogP contribution < -0.4 is 9.80 Å². The molecule has 3 rings (SSSR count). The number of aryl methyl sites for hydroxylation is 2. The molecule has 0 amide bonds. The second-order valence-electron chi connectivity index (χ2n) is 7.49. The van der Waals surface area contributed by atoms with Crippen molar-refractivity contribution < 1.29 is 31.1 Å². The van der Waals surface area contributed by atoms with E-state index >= 15 is 0 Å². The Morgan fingerprint density at radius 2 is 1.26 bits per heavy atom. The summed E-state index contributed by atoms with van der Waals surface area (Å²) in [5.41, 5.74) is 1.76. The fourth-order valence-electron chi connectivity index (χ4n) is 3.32. The Morgan fingerprint density at radius 3 is 1.68 bits per heavy atom. The number of morpholine rings is 1. The third-order valence-electron chi connectivity index (χ3n) is 4.88. The van der Waals surface area contributed by atoms with E-state index in [0.717, 1.165) is 42.7 Å². The van der Waals surface area contributed by atoms with E-state index in [-0.39, 0.29) is 0 Å². The number of rotatable bonds is 2. The lowest BCUT2D eigenvalue weighted by atomic mass is 10.1. The Bertz CT molecular complexity index is 871. The molecule has 3 nitrogen and oxygen atoms in total. The third kappa shape index (κ3) is 6.78. The molecule has 0 bridgehead atoms. The van der Waals surface area contributed by atoms with Crippen LogP contribution in [0.15, 0.2) is 36.4 Å². The number of halogens is 6. The summed E-state index contributed by atoms with van der Waals surface area (Å²) in [6, 6.07) is 7.63. The first-order valence-corrected chi connectivity index (χ1v) is 9.66. The van der Waals surface area contributed by atoms with Crippen LogP contribution in [-0.2, 0) is 17.1 Å². The lowest BCUT2D eigenvalue weighted by molar-refractivity contribution is -0.138. The van der Waals surface area contributed by atoms with E-state index in [2.05, 4.69) is 4.90 Å². The highest BCUT2D eigenvalue weighted by molar-refractivity contribution is 5.55. The van der Waals surface area contributed by atoms with Gasteiger partial charge in [0.1, 0.15) is 0 Å². The quantitative estimate of drug-likeness (QED) is 0.530. The van der Waals surface area contributed by atoms with Gasteiger partial charge in [-0.2, -0.15) is 26.3 Å². The van der Waals surface area contributed by atoms with Crippen LogP contribution in [0.5, 0.6) is 0 Å². The fourth-order valence-corrected chi connectivity index (χ4v) is 3.32. The summed E-state index contributed by atoms with van der Waals surface area (Å²) < 4.78 is 79.6. The van der Waals surface area contributed by atoms with E-state index in [0.29, 0.717) is 24.3 Å². The highest BCUT2D eigenvalue weighted by Gasteiger charge is 2.31. The van der Waals surface area contributed by atoms with Crippen LogP contribution in [0, 0.1) is 13.8 Å². The van der Waals surface area contributed by atoms with E-state index in [1.54, 1.807) is 38.9 Å². The monoisotopic (exact) mass is 448 g/mol. The molecule has 172 valence electrons. The molecule has 1 aliphatic heterocycles. The van der Waals surface area contributed by atoms with Gasteiger partial charge in [-0.25, -0.2) is 0 Å². The Kier molecular flexibility index (Phi) is 7.86. The minimum atomic E-state index is -4.27. The number of benzene rings is 2. The number of nitrogens with zero attached hydrogens (tertiary/aromatic N) is 2. The smallest absolute Gasteiger partial charge is 0.378 e. The number of hydrogen-bond acceptors (Lipinski definition) is 3. The molecule has 0 N–H and O–H groups in total. The van der Waals surface area contributed by atoms with Gasteiger partial charge in [0.15, 0.2) is 0 Å². The second kappa shape index (κ2) is 9.80. The predicted octanol–water partition coefficient (Wildman–Crippen LogP) is 5.93. The van der Waals surface area contributed by atoms with Crippen molar-refractivity contribution in [3.05, 3.63) is 58.7 Å². The maximum absolute atomic E-state index is 12.5. The molecule has 1 heterocycles. The van der Waals surface area contributed by atoms with Crippen LogP contribution >= 0.6 is 0 Å². The third-order valence-corrected chi connectivity index (χ3v) is 4.88. The number of ether oxygens (including phenoxy) is 1. The van der Waals surface area contributed by atoms with E-state index in [1.807, 2.05) is 0 Å². The summed E-state index contributed by atoms with van der Waals surface area (Å²) in [6.07, 6.45) is -8.52. The van der Waals surface area contributed by atoms with E-state index in [4.69, 9.17) is 4.74 Å². The van der Waals surface area contributed by atoms with Crippen molar-refractivity contribution in [3.63, 3.8) is 0 Å². The van der Waals surface area contributed by atoms with Crippen molar-refractivity contribution in [3.8, 4) is 0 Å². The summed E-state index contributed by atoms with van der Waals surface area (Å²) in [5.74, 6) is 0. The van der Waals surface area contributed by atoms with Crippen LogP contribution in [0.2, 0.25) is 0 Å². The van der Waals surface area contributed by atoms with E-state index in [1.165, 1.54) is 12.1 Å². The average Bonchev–Trinajstić information content (AvgIpc) is 2.67. The Morgan fingerprint density at radius 1 is 0.774 bits per heavy atom. The summed E-state index contributed by atoms with van der Waals surface area (Å²) >= 11 is 0. The van der Waals surface area contributed by atoms with Crippen LogP contribution in [0.3, 0.4) is 0 Å². The first-order chi connectivity index (χ1) is 14.3. The molecular formula is C22H26F6N2O. The minimum absolute atomic E-state index is 0.591. The molecule has 0 unspecified atom stereocenters. The molecule has 0 aliphatic carbocycles. The number of anilines is 2. The highest BCUT2D eigenvalue weighted by Crippen LogP contribution is 2.33. The summed E-state index contributed by atoms with van der Waals surface area (Å²) in [6.45, 7) is 6.09. The first-order valence-electron chi connectivity index (χ1n) is 9.66. The van der Waals surface area contributed by atoms with Gasteiger partial charge >= 0.3 is 12.4 Å². The van der Waals surface area contributed by atoms with Crippen molar-refractivity contribution in [2.24, 2.45) is 0 Å². The molecule has 0 atom stereocenters. The Balaban J connectivity index is 0.000000225. The van der Waals surface area contributed by atoms with Crippen molar-refractivity contribution in [1.82, 2.24) is 0 Å². The average molecular weight is 448 g/mol. The predicted molar refractivity (Wildman–Crippen MR) is 110 cm³/mol. The van der Waals surface area contributed by atoms with Crippen molar-refractivity contribution >= 4 is 11.4 Å². The molecule has 9 heteroatoms. The van der Waals surface area contributed by atoms with Crippen molar-refractivity contribution in [2.45, 2.75) is 26.2 Å². The first kappa shape index (κ1) is 24.8. The second-order valence-corrected chi connectivity index (χ2v) is 7.49. The topological polar surface area (TPSA) is 15.7 Å². The molecule has 1 aliphatic rings. The normalized spacial score (nSPS) is 14.7. The van der Waals surface area contributed by atoms with Gasteiger partial charge in [0, 0.05) is 38.6 Å². The SMILES string of the molecule is Cc1cc(C(F)(F)F)ccc1N(C)C.Cc1cc(C(F)(F)F)ccc1N1CCOCC1. The molecule has 1 fully saturated rings. The van der Waals surface area contributed by atoms with Crippen molar-refractivity contribution in [2.75, 3.05) is 50.2 Å². The van der Waals surface area contributed by atoms with Gasteiger partial charge in [0.2, 0.25) is 0 Å². The molecule has 0 aromatic heterocycles. The van der Waals surface area contributed by atoms with Crippen LogP contribution in [0.4, 0.5) is 37.7 Å². The number of hydrogen-bond donors (Lipinski definition) is 0. The maximum Gasteiger partial charge on any atom is 0.416 e. The van der Waals surface area contributed by atoms with Gasteiger partial charge in [-0.15, -0.1) is 0 Å². The zero-order valence-electron chi connectivity index (χ0n) is 17.9. The molecule has 31 heavy (non-hydrogen) atoms. The Hall–Kier alpha value is -2.42. The van der Waals surface area contributed by atoms with Gasteiger partial charge < -0.3 is 14.5 Å². The maximum atomic E-state index is 12.5. The zero-order chi connectivity index (χ0) is 23.4. The molecule has 0 radical (unpaired) electrons.